The smallest absolute Gasteiger partial charge is 0.122 e. The maximum absolute atomic E-state index is 5.60. The Morgan fingerprint density at radius 3 is 2.79 bits per heavy atom. The number of anilines is 1. The molecule has 1 heterocycles. The van der Waals surface area contributed by atoms with E-state index in [0.29, 0.717) is 10.7 Å². The Labute approximate surface area is 119 Å². The Bertz CT molecular complexity index is 595. The molecule has 2 N–H and O–H groups in total. The number of thiocarbonyl (C=S) groups is 1. The summed E-state index contributed by atoms with van der Waals surface area (Å²) in [6.07, 6.45) is 1.74. The van der Waals surface area contributed by atoms with Gasteiger partial charge in [-0.1, -0.05) is 24.4 Å². The van der Waals surface area contributed by atoms with Crippen LogP contribution in [0.1, 0.15) is 16.8 Å². The molecule has 19 heavy (non-hydrogen) atoms. The number of pyridine rings is 1. The maximum atomic E-state index is 5.60. The molecule has 0 fully saturated rings. The lowest BCUT2D eigenvalue weighted by atomic mass is 10.2. The van der Waals surface area contributed by atoms with Crippen LogP contribution in [0.15, 0.2) is 42.6 Å². The first-order valence-electron chi connectivity index (χ1n) is 6.09. The molecule has 1 aromatic heterocycles. The van der Waals surface area contributed by atoms with Gasteiger partial charge in [-0.25, -0.2) is 0 Å². The van der Waals surface area contributed by atoms with E-state index >= 15 is 0 Å². The Kier molecular flexibility index (Phi) is 4.12. The Morgan fingerprint density at radius 1 is 1.32 bits per heavy atom. The number of benzene rings is 1. The lowest BCUT2D eigenvalue weighted by molar-refractivity contribution is 0.918. The second-order valence-corrected chi connectivity index (χ2v) is 5.05. The monoisotopic (exact) mass is 271 g/mol. The molecule has 0 bridgehead atoms. The van der Waals surface area contributed by atoms with Crippen LogP contribution in [0.2, 0.25) is 0 Å². The molecule has 0 aliphatic rings. The third-order valence-corrected chi connectivity index (χ3v) is 3.15. The lowest BCUT2D eigenvalue weighted by Crippen LogP contribution is -2.18. The van der Waals surface area contributed by atoms with Gasteiger partial charge >= 0.3 is 0 Å². The Balaban J connectivity index is 2.17. The van der Waals surface area contributed by atoms with Crippen LogP contribution in [-0.4, -0.2) is 17.0 Å². The van der Waals surface area contributed by atoms with E-state index < -0.39 is 0 Å². The summed E-state index contributed by atoms with van der Waals surface area (Å²) < 4.78 is 0. The molecule has 0 spiro atoms. The predicted molar refractivity (Wildman–Crippen MR) is 83.4 cm³/mol. The summed E-state index contributed by atoms with van der Waals surface area (Å²) in [5.74, 6) is 0. The molecule has 3 nitrogen and oxygen atoms in total. The average Bonchev–Trinajstić information content (AvgIpc) is 2.39. The predicted octanol–water partition coefficient (Wildman–Crippen LogP) is 2.66. The first kappa shape index (κ1) is 13.5. The van der Waals surface area contributed by atoms with E-state index in [1.54, 1.807) is 6.20 Å². The number of hydrogen-bond donors (Lipinski definition) is 1. The van der Waals surface area contributed by atoms with Crippen molar-refractivity contribution in [1.29, 1.82) is 0 Å². The van der Waals surface area contributed by atoms with Crippen LogP contribution < -0.4 is 10.6 Å². The van der Waals surface area contributed by atoms with Crippen molar-refractivity contribution in [3.8, 4) is 0 Å². The van der Waals surface area contributed by atoms with E-state index in [-0.39, 0.29) is 0 Å². The normalized spacial score (nSPS) is 10.2. The topological polar surface area (TPSA) is 42.2 Å². The van der Waals surface area contributed by atoms with Crippen molar-refractivity contribution < 1.29 is 0 Å². The fourth-order valence-electron chi connectivity index (χ4n) is 1.94. The van der Waals surface area contributed by atoms with Gasteiger partial charge < -0.3 is 10.6 Å². The minimum absolute atomic E-state index is 0.333. The van der Waals surface area contributed by atoms with Crippen molar-refractivity contribution in [2.24, 2.45) is 5.73 Å². The number of nitrogens with zero attached hydrogens (tertiary/aromatic N) is 2. The van der Waals surface area contributed by atoms with Gasteiger partial charge in [0.15, 0.2) is 0 Å². The van der Waals surface area contributed by atoms with Crippen LogP contribution in [-0.2, 0) is 6.54 Å². The quantitative estimate of drug-likeness (QED) is 0.868. The van der Waals surface area contributed by atoms with Crippen LogP contribution >= 0.6 is 12.2 Å². The molecule has 0 atom stereocenters. The molecular weight excluding hydrogens is 254 g/mol. The summed E-state index contributed by atoms with van der Waals surface area (Å²) in [6, 6.07) is 12.3. The molecule has 0 unspecified atom stereocenters. The van der Waals surface area contributed by atoms with Gasteiger partial charge in [0.05, 0.1) is 5.69 Å². The second kappa shape index (κ2) is 5.80. The Hall–Kier alpha value is -1.94. The first-order valence-corrected chi connectivity index (χ1v) is 6.49. The standard InChI is InChI=1S/C15H17N3S/c1-11-4-3-5-13(8-11)18(2)10-12-6-7-17-14(9-12)15(16)19/h3-9H,10H2,1-2H3,(H2,16,19). The average molecular weight is 271 g/mol. The van der Waals surface area contributed by atoms with Crippen molar-refractivity contribution in [1.82, 2.24) is 4.98 Å². The van der Waals surface area contributed by atoms with E-state index in [0.717, 1.165) is 12.1 Å². The van der Waals surface area contributed by atoms with Gasteiger partial charge in [-0.15, -0.1) is 0 Å². The van der Waals surface area contributed by atoms with E-state index in [1.165, 1.54) is 11.3 Å². The highest BCUT2D eigenvalue weighted by Crippen LogP contribution is 2.17. The summed E-state index contributed by atoms with van der Waals surface area (Å²) in [6.45, 7) is 2.89. The molecule has 4 heteroatoms. The molecule has 98 valence electrons. The summed E-state index contributed by atoms with van der Waals surface area (Å²) in [5, 5.41) is 0. The zero-order valence-electron chi connectivity index (χ0n) is 11.1. The van der Waals surface area contributed by atoms with Gasteiger partial charge in [0.2, 0.25) is 0 Å². The summed E-state index contributed by atoms with van der Waals surface area (Å²) in [4.78, 5) is 6.67. The summed E-state index contributed by atoms with van der Waals surface area (Å²) in [5.41, 5.74) is 9.85. The highest BCUT2D eigenvalue weighted by atomic mass is 32.1. The van der Waals surface area contributed by atoms with E-state index in [2.05, 4.69) is 48.1 Å². The van der Waals surface area contributed by atoms with Crippen molar-refractivity contribution in [3.05, 3.63) is 59.4 Å². The lowest BCUT2D eigenvalue weighted by Gasteiger charge is -2.20. The van der Waals surface area contributed by atoms with E-state index in [9.17, 15) is 0 Å². The minimum Gasteiger partial charge on any atom is -0.388 e. The summed E-state index contributed by atoms with van der Waals surface area (Å²) in [7, 11) is 2.07. The van der Waals surface area contributed by atoms with Crippen molar-refractivity contribution in [3.63, 3.8) is 0 Å². The summed E-state index contributed by atoms with van der Waals surface area (Å²) >= 11 is 4.95. The number of aromatic nitrogens is 1. The number of aryl methyl sites for hydroxylation is 1. The fraction of sp³-hybridized carbons (Fsp3) is 0.200. The third kappa shape index (κ3) is 3.51. The van der Waals surface area contributed by atoms with Gasteiger partial charge in [0.25, 0.3) is 0 Å². The Morgan fingerprint density at radius 2 is 2.11 bits per heavy atom. The highest BCUT2D eigenvalue weighted by molar-refractivity contribution is 7.80. The molecule has 0 saturated carbocycles. The maximum Gasteiger partial charge on any atom is 0.122 e. The number of hydrogen-bond acceptors (Lipinski definition) is 3. The van der Waals surface area contributed by atoms with Crippen LogP contribution in [0, 0.1) is 6.92 Å². The molecule has 0 aliphatic heterocycles. The zero-order chi connectivity index (χ0) is 13.8. The van der Waals surface area contributed by atoms with E-state index in [4.69, 9.17) is 18.0 Å². The number of nitrogens with two attached hydrogens (primary N) is 1. The zero-order valence-corrected chi connectivity index (χ0v) is 11.9. The third-order valence-electron chi connectivity index (χ3n) is 2.94. The van der Waals surface area contributed by atoms with Crippen molar-refractivity contribution in [2.75, 3.05) is 11.9 Å². The molecule has 2 rings (SSSR count). The second-order valence-electron chi connectivity index (χ2n) is 4.61. The van der Waals surface area contributed by atoms with Gasteiger partial charge in [0, 0.05) is 25.5 Å². The largest absolute Gasteiger partial charge is 0.388 e. The van der Waals surface area contributed by atoms with Gasteiger partial charge in [-0.2, -0.15) is 0 Å². The molecule has 0 saturated heterocycles. The van der Waals surface area contributed by atoms with E-state index in [1.807, 2.05) is 12.1 Å². The van der Waals surface area contributed by atoms with Crippen LogP contribution in [0.3, 0.4) is 0 Å². The van der Waals surface area contributed by atoms with Crippen LogP contribution in [0.5, 0.6) is 0 Å². The van der Waals surface area contributed by atoms with Crippen LogP contribution in [0.4, 0.5) is 5.69 Å². The first-order chi connectivity index (χ1) is 9.06. The van der Waals surface area contributed by atoms with Gasteiger partial charge in [0.1, 0.15) is 4.99 Å². The molecule has 0 amide bonds. The van der Waals surface area contributed by atoms with Crippen molar-refractivity contribution in [2.45, 2.75) is 13.5 Å². The highest BCUT2D eigenvalue weighted by Gasteiger charge is 2.04. The van der Waals surface area contributed by atoms with Gasteiger partial charge in [-0.3, -0.25) is 4.98 Å². The minimum atomic E-state index is 0.333. The molecular formula is C15H17N3S. The SMILES string of the molecule is Cc1cccc(N(C)Cc2ccnc(C(N)=S)c2)c1. The van der Waals surface area contributed by atoms with Crippen molar-refractivity contribution >= 4 is 22.9 Å². The molecule has 0 radical (unpaired) electrons. The molecule has 2 aromatic rings. The molecule has 0 aliphatic carbocycles. The fourth-order valence-corrected chi connectivity index (χ4v) is 2.05. The number of rotatable bonds is 4. The van der Waals surface area contributed by atoms with Crippen LogP contribution in [0.25, 0.3) is 0 Å². The van der Waals surface area contributed by atoms with Gasteiger partial charge in [-0.05, 0) is 42.3 Å². The molecule has 1 aromatic carbocycles.